The van der Waals surface area contributed by atoms with Crippen molar-refractivity contribution in [1.29, 1.82) is 0 Å². The number of carbonyl (C=O) groups is 3. The topological polar surface area (TPSA) is 81.7 Å². The molecule has 0 saturated carbocycles. The third-order valence-corrected chi connectivity index (χ3v) is 3.57. The number of hydrogen-bond acceptors (Lipinski definition) is 5. The summed E-state index contributed by atoms with van der Waals surface area (Å²) in [5.74, 6) is -3.05. The highest BCUT2D eigenvalue weighted by Gasteiger charge is 2.30. The van der Waals surface area contributed by atoms with E-state index in [0.29, 0.717) is 0 Å². The molecule has 164 valence electrons. The van der Waals surface area contributed by atoms with E-state index in [0.717, 1.165) is 48.6 Å². The van der Waals surface area contributed by atoms with Crippen molar-refractivity contribution >= 4 is 23.9 Å². The molecule has 0 fully saturated rings. The van der Waals surface area contributed by atoms with E-state index < -0.39 is 42.7 Å². The summed E-state index contributed by atoms with van der Waals surface area (Å²) in [6, 6.07) is 8.69. The van der Waals surface area contributed by atoms with Gasteiger partial charge in [-0.05, 0) is 48.0 Å². The fourth-order valence-electron chi connectivity index (χ4n) is 2.19. The van der Waals surface area contributed by atoms with Crippen molar-refractivity contribution in [3.05, 3.63) is 71.3 Å². The number of hydrogen-bond donors (Lipinski definition) is 1. The van der Waals surface area contributed by atoms with Gasteiger partial charge in [0.2, 0.25) is 0 Å². The number of ether oxygens (including phenoxy) is 2. The normalized spacial score (nSPS) is 11.4. The van der Waals surface area contributed by atoms with Gasteiger partial charge in [-0.25, -0.2) is 4.79 Å². The van der Waals surface area contributed by atoms with E-state index in [-0.39, 0.29) is 16.9 Å². The summed E-state index contributed by atoms with van der Waals surface area (Å²) in [5, 5.41) is 1.92. The van der Waals surface area contributed by atoms with Crippen LogP contribution >= 0.6 is 0 Å². The van der Waals surface area contributed by atoms with Crippen LogP contribution in [0.1, 0.15) is 21.5 Å². The number of rotatable bonds is 7. The molecule has 6 nitrogen and oxygen atoms in total. The monoisotopic (exact) mass is 443 g/mol. The number of alkyl halides is 5. The Morgan fingerprint density at radius 1 is 1.03 bits per heavy atom. The lowest BCUT2D eigenvalue weighted by molar-refractivity contribution is -0.143. The molecule has 0 saturated heterocycles. The Bertz CT molecular complexity index is 971. The highest BCUT2D eigenvalue weighted by Crippen LogP contribution is 2.29. The molecule has 0 aliphatic heterocycles. The second kappa shape index (κ2) is 10.3. The Labute approximate surface area is 172 Å². The lowest BCUT2D eigenvalue weighted by atomic mass is 10.1. The van der Waals surface area contributed by atoms with Gasteiger partial charge in [-0.1, -0.05) is 12.1 Å². The summed E-state index contributed by atoms with van der Waals surface area (Å²) in [7, 11) is 0. The molecular formula is C20H14F5NO5. The third kappa shape index (κ3) is 7.88. The van der Waals surface area contributed by atoms with Gasteiger partial charge in [0, 0.05) is 11.6 Å². The van der Waals surface area contributed by atoms with E-state index in [1.807, 2.05) is 5.32 Å². The van der Waals surface area contributed by atoms with Gasteiger partial charge < -0.3 is 9.47 Å². The summed E-state index contributed by atoms with van der Waals surface area (Å²) in [4.78, 5) is 35.2. The van der Waals surface area contributed by atoms with Crippen LogP contribution in [-0.2, 0) is 20.5 Å². The summed E-state index contributed by atoms with van der Waals surface area (Å²) in [5.41, 5.74) is -0.842. The summed E-state index contributed by atoms with van der Waals surface area (Å²) in [6.45, 7) is -3.86. The van der Waals surface area contributed by atoms with Gasteiger partial charge in [0.05, 0.1) is 5.56 Å². The molecule has 0 bridgehead atoms. The summed E-state index contributed by atoms with van der Waals surface area (Å²) < 4.78 is 70.8. The molecule has 0 atom stereocenters. The molecule has 11 heteroatoms. The van der Waals surface area contributed by atoms with Crippen molar-refractivity contribution in [2.45, 2.75) is 12.8 Å². The first-order chi connectivity index (χ1) is 14.5. The van der Waals surface area contributed by atoms with Gasteiger partial charge in [0.25, 0.3) is 11.8 Å². The average molecular weight is 443 g/mol. The van der Waals surface area contributed by atoms with Crippen LogP contribution < -0.4 is 10.1 Å². The van der Waals surface area contributed by atoms with Gasteiger partial charge in [0.1, 0.15) is 5.75 Å². The first-order valence-corrected chi connectivity index (χ1v) is 8.46. The molecule has 0 radical (unpaired) electrons. The third-order valence-electron chi connectivity index (χ3n) is 3.57. The molecule has 0 aliphatic rings. The number of amides is 2. The molecule has 0 unspecified atom stereocenters. The SMILES string of the molecule is O=C(COC(=O)C=Cc1cccc(C(F)(F)F)c1)NC(=O)c1ccc(OC(F)F)cc1. The first-order valence-electron chi connectivity index (χ1n) is 8.46. The zero-order chi connectivity index (χ0) is 23.0. The quantitative estimate of drug-likeness (QED) is 0.400. The second-order valence-electron chi connectivity index (χ2n) is 5.84. The number of esters is 1. The van der Waals surface area contributed by atoms with E-state index in [1.165, 1.54) is 12.1 Å². The van der Waals surface area contributed by atoms with Gasteiger partial charge >= 0.3 is 18.8 Å². The minimum atomic E-state index is -4.54. The number of halogens is 5. The van der Waals surface area contributed by atoms with Gasteiger partial charge in [-0.15, -0.1) is 0 Å². The molecule has 1 N–H and O–H groups in total. The number of benzene rings is 2. The highest BCUT2D eigenvalue weighted by molar-refractivity contribution is 6.05. The van der Waals surface area contributed by atoms with Gasteiger partial charge in [-0.2, -0.15) is 22.0 Å². The maximum atomic E-state index is 12.6. The molecule has 0 aromatic heterocycles. The van der Waals surface area contributed by atoms with Crippen molar-refractivity contribution in [2.75, 3.05) is 6.61 Å². The zero-order valence-corrected chi connectivity index (χ0v) is 15.5. The Hall–Kier alpha value is -3.76. The Balaban J connectivity index is 1.83. The van der Waals surface area contributed by atoms with Crippen LogP contribution in [0, 0.1) is 0 Å². The summed E-state index contributed by atoms with van der Waals surface area (Å²) >= 11 is 0. The molecule has 2 rings (SSSR count). The lowest BCUT2D eigenvalue weighted by Gasteiger charge is -2.07. The molecule has 0 aliphatic carbocycles. The average Bonchev–Trinajstić information content (AvgIpc) is 2.70. The van der Waals surface area contributed by atoms with E-state index in [4.69, 9.17) is 0 Å². The first kappa shape index (κ1) is 23.5. The number of nitrogens with one attached hydrogen (secondary N) is 1. The number of carbonyl (C=O) groups excluding carboxylic acids is 3. The maximum absolute atomic E-state index is 12.6. The minimum Gasteiger partial charge on any atom is -0.452 e. The molecule has 0 heterocycles. The molecular weight excluding hydrogens is 429 g/mol. The molecule has 31 heavy (non-hydrogen) atoms. The Kier molecular flexibility index (Phi) is 7.83. The zero-order valence-electron chi connectivity index (χ0n) is 15.5. The molecule has 2 aromatic carbocycles. The summed E-state index contributed by atoms with van der Waals surface area (Å²) in [6.07, 6.45) is -2.64. The van der Waals surface area contributed by atoms with Crippen LogP contribution in [0.2, 0.25) is 0 Å². The van der Waals surface area contributed by atoms with E-state index in [2.05, 4.69) is 9.47 Å². The smallest absolute Gasteiger partial charge is 0.416 e. The van der Waals surface area contributed by atoms with Gasteiger partial charge in [-0.3, -0.25) is 14.9 Å². The van der Waals surface area contributed by atoms with Crippen molar-refractivity contribution in [1.82, 2.24) is 5.32 Å². The lowest BCUT2D eigenvalue weighted by Crippen LogP contribution is -2.34. The molecule has 2 amide bonds. The largest absolute Gasteiger partial charge is 0.452 e. The van der Waals surface area contributed by atoms with E-state index >= 15 is 0 Å². The van der Waals surface area contributed by atoms with Crippen LogP contribution in [0.15, 0.2) is 54.6 Å². The van der Waals surface area contributed by atoms with E-state index in [1.54, 1.807) is 0 Å². The highest BCUT2D eigenvalue weighted by atomic mass is 19.4. The Morgan fingerprint density at radius 3 is 2.32 bits per heavy atom. The maximum Gasteiger partial charge on any atom is 0.416 e. The van der Waals surface area contributed by atoms with Crippen LogP contribution in [0.25, 0.3) is 6.08 Å². The molecule has 0 spiro atoms. The van der Waals surface area contributed by atoms with Crippen molar-refractivity contribution in [2.24, 2.45) is 0 Å². The number of imide groups is 1. The predicted molar refractivity (Wildman–Crippen MR) is 97.0 cm³/mol. The fraction of sp³-hybridized carbons (Fsp3) is 0.150. The fourth-order valence-corrected chi connectivity index (χ4v) is 2.19. The predicted octanol–water partition coefficient (Wildman–Crippen LogP) is 3.82. The van der Waals surface area contributed by atoms with Crippen LogP contribution in [-0.4, -0.2) is 31.0 Å². The standard InChI is InChI=1S/C20H14F5NO5/c21-19(22)31-15-7-5-13(6-8-15)18(29)26-16(27)11-30-17(28)9-4-12-2-1-3-14(10-12)20(23,24)25/h1-10,19H,11H2,(H,26,27,29). The van der Waals surface area contributed by atoms with Crippen LogP contribution in [0.4, 0.5) is 22.0 Å². The Morgan fingerprint density at radius 2 is 1.71 bits per heavy atom. The van der Waals surface area contributed by atoms with Gasteiger partial charge in [0.15, 0.2) is 6.61 Å². The van der Waals surface area contributed by atoms with Crippen molar-refractivity contribution in [3.8, 4) is 5.75 Å². The minimum absolute atomic E-state index is 0.0364. The van der Waals surface area contributed by atoms with Crippen LogP contribution in [0.3, 0.4) is 0 Å². The van der Waals surface area contributed by atoms with E-state index in [9.17, 15) is 36.3 Å². The second-order valence-corrected chi connectivity index (χ2v) is 5.84. The van der Waals surface area contributed by atoms with Crippen molar-refractivity contribution < 1.29 is 45.8 Å². The molecule has 2 aromatic rings. The van der Waals surface area contributed by atoms with Crippen molar-refractivity contribution in [3.63, 3.8) is 0 Å². The van der Waals surface area contributed by atoms with Crippen LogP contribution in [0.5, 0.6) is 5.75 Å².